The molecule has 0 radical (unpaired) electrons. The van der Waals surface area contributed by atoms with Gasteiger partial charge in [0.2, 0.25) is 0 Å². The molecule has 0 unspecified atom stereocenters. The maximum atomic E-state index is 12.7. The predicted molar refractivity (Wildman–Crippen MR) is 118 cm³/mol. The van der Waals surface area contributed by atoms with E-state index in [1.807, 2.05) is 49.4 Å². The fourth-order valence-corrected chi connectivity index (χ4v) is 3.29. The van der Waals surface area contributed by atoms with Gasteiger partial charge in [0.25, 0.3) is 5.91 Å². The molecule has 1 N–H and O–H groups in total. The summed E-state index contributed by atoms with van der Waals surface area (Å²) < 4.78 is 10.8. The van der Waals surface area contributed by atoms with Gasteiger partial charge in [-0.2, -0.15) is 0 Å². The molecule has 0 saturated carbocycles. The van der Waals surface area contributed by atoms with E-state index in [1.54, 1.807) is 19.1 Å². The Morgan fingerprint density at radius 2 is 1.57 bits per heavy atom. The van der Waals surface area contributed by atoms with Crippen LogP contribution >= 0.6 is 0 Å². The highest BCUT2D eigenvalue weighted by atomic mass is 16.5. The molecule has 0 heterocycles. The van der Waals surface area contributed by atoms with Crippen molar-refractivity contribution in [3.63, 3.8) is 0 Å². The van der Waals surface area contributed by atoms with Crippen LogP contribution in [0.5, 0.6) is 5.75 Å². The van der Waals surface area contributed by atoms with E-state index in [0.717, 1.165) is 23.6 Å². The number of carbonyl (C=O) groups excluding carboxylic acids is 2. The van der Waals surface area contributed by atoms with Crippen LogP contribution in [0.1, 0.15) is 36.2 Å². The van der Waals surface area contributed by atoms with Gasteiger partial charge >= 0.3 is 5.97 Å². The van der Waals surface area contributed by atoms with Crippen LogP contribution < -0.4 is 10.1 Å². The van der Waals surface area contributed by atoms with Crippen LogP contribution in [0, 0.1) is 0 Å². The van der Waals surface area contributed by atoms with E-state index in [1.165, 1.54) is 12.7 Å². The first-order valence-corrected chi connectivity index (χ1v) is 10.1. The summed E-state index contributed by atoms with van der Waals surface area (Å²) in [7, 11) is 1.51. The Kier molecular flexibility index (Phi) is 7.07. The zero-order valence-electron chi connectivity index (χ0n) is 17.6. The Morgan fingerprint density at radius 3 is 2.23 bits per heavy atom. The topological polar surface area (TPSA) is 64.6 Å². The van der Waals surface area contributed by atoms with Gasteiger partial charge in [-0.25, -0.2) is 4.79 Å². The van der Waals surface area contributed by atoms with Crippen LogP contribution in [-0.4, -0.2) is 31.1 Å². The molecule has 0 bridgehead atoms. The zero-order chi connectivity index (χ0) is 21.5. The number of amides is 1. The summed E-state index contributed by atoms with van der Waals surface area (Å²) >= 11 is 0. The average molecular weight is 405 g/mol. The Hall–Kier alpha value is -3.34. The van der Waals surface area contributed by atoms with Gasteiger partial charge in [0.05, 0.1) is 7.11 Å². The smallest absolute Gasteiger partial charge is 0.342 e. The van der Waals surface area contributed by atoms with Crippen molar-refractivity contribution in [2.24, 2.45) is 0 Å². The third-order valence-electron chi connectivity index (χ3n) is 5.04. The molecule has 156 valence electrons. The van der Waals surface area contributed by atoms with Crippen LogP contribution in [0.4, 0.5) is 0 Å². The lowest BCUT2D eigenvalue weighted by Crippen LogP contribution is -2.41. The molecular weight excluding hydrogens is 378 g/mol. The van der Waals surface area contributed by atoms with Crippen molar-refractivity contribution in [2.45, 2.75) is 38.8 Å². The second-order valence-corrected chi connectivity index (χ2v) is 7.38. The maximum absolute atomic E-state index is 12.7. The van der Waals surface area contributed by atoms with Crippen molar-refractivity contribution in [1.29, 1.82) is 0 Å². The Balaban J connectivity index is 1.59. The summed E-state index contributed by atoms with van der Waals surface area (Å²) in [4.78, 5) is 25.2. The standard InChI is InChI=1S/C25H27NO4/c1-17(13-14-19-9-5-4-6-10-19)26-24(27)18(2)30-25(28)22-15-20-11-7-8-12-21(20)16-23(22)29-3/h4-12,15-18H,13-14H2,1-3H3,(H,26,27)/t17-,18+/m0/s1. The molecule has 0 aliphatic rings. The van der Waals surface area contributed by atoms with E-state index in [4.69, 9.17) is 9.47 Å². The second-order valence-electron chi connectivity index (χ2n) is 7.38. The minimum Gasteiger partial charge on any atom is -0.496 e. The van der Waals surface area contributed by atoms with Crippen LogP contribution in [-0.2, 0) is 16.0 Å². The van der Waals surface area contributed by atoms with Gasteiger partial charge in [0.1, 0.15) is 11.3 Å². The van der Waals surface area contributed by atoms with E-state index in [9.17, 15) is 9.59 Å². The Morgan fingerprint density at radius 1 is 0.933 bits per heavy atom. The van der Waals surface area contributed by atoms with Gasteiger partial charge in [-0.15, -0.1) is 0 Å². The van der Waals surface area contributed by atoms with Gasteiger partial charge in [-0.05, 0) is 55.2 Å². The lowest BCUT2D eigenvalue weighted by molar-refractivity contribution is -0.129. The van der Waals surface area contributed by atoms with Crippen LogP contribution in [0.3, 0.4) is 0 Å². The first kappa shape index (κ1) is 21.4. The Bertz CT molecular complexity index is 1020. The van der Waals surface area contributed by atoms with Gasteiger partial charge in [-0.1, -0.05) is 54.6 Å². The molecule has 5 heteroatoms. The van der Waals surface area contributed by atoms with E-state index >= 15 is 0 Å². The number of carbonyl (C=O) groups is 2. The molecule has 0 aromatic heterocycles. The number of esters is 1. The first-order chi connectivity index (χ1) is 14.5. The zero-order valence-corrected chi connectivity index (χ0v) is 17.6. The summed E-state index contributed by atoms with van der Waals surface area (Å²) in [5.41, 5.74) is 1.52. The number of ether oxygens (including phenoxy) is 2. The number of nitrogens with one attached hydrogen (secondary N) is 1. The molecule has 3 aromatic rings. The summed E-state index contributed by atoms with van der Waals surface area (Å²) in [6.07, 6.45) is 0.757. The summed E-state index contributed by atoms with van der Waals surface area (Å²) in [5, 5.41) is 4.78. The van der Waals surface area contributed by atoms with Crippen molar-refractivity contribution in [2.75, 3.05) is 7.11 Å². The molecule has 30 heavy (non-hydrogen) atoms. The summed E-state index contributed by atoms with van der Waals surface area (Å²) in [6.45, 7) is 3.52. The van der Waals surface area contributed by atoms with Gasteiger partial charge in [0.15, 0.2) is 6.10 Å². The van der Waals surface area contributed by atoms with Crippen LogP contribution in [0.15, 0.2) is 66.7 Å². The highest BCUT2D eigenvalue weighted by Gasteiger charge is 2.23. The highest BCUT2D eigenvalue weighted by molar-refractivity contribution is 5.99. The molecule has 3 rings (SSSR count). The van der Waals surface area contributed by atoms with E-state index in [-0.39, 0.29) is 11.9 Å². The molecule has 0 aliphatic carbocycles. The lowest BCUT2D eigenvalue weighted by Gasteiger charge is -2.18. The molecule has 5 nitrogen and oxygen atoms in total. The number of fused-ring (bicyclic) bond motifs is 1. The molecule has 0 saturated heterocycles. The van der Waals surface area contributed by atoms with E-state index < -0.39 is 12.1 Å². The number of rotatable bonds is 8. The maximum Gasteiger partial charge on any atom is 0.342 e. The van der Waals surface area contributed by atoms with Crippen molar-refractivity contribution >= 4 is 22.6 Å². The minimum atomic E-state index is -0.909. The SMILES string of the molecule is COc1cc2ccccc2cc1C(=O)O[C@H](C)C(=O)N[C@@H](C)CCc1ccccc1. The largest absolute Gasteiger partial charge is 0.496 e. The number of methoxy groups -OCH3 is 1. The predicted octanol–water partition coefficient (Wildman–Crippen LogP) is 4.53. The monoisotopic (exact) mass is 405 g/mol. The minimum absolute atomic E-state index is 0.0333. The number of aryl methyl sites for hydroxylation is 1. The number of hydrogen-bond donors (Lipinski definition) is 1. The summed E-state index contributed by atoms with van der Waals surface area (Å²) in [6, 6.07) is 21.3. The first-order valence-electron chi connectivity index (χ1n) is 10.1. The quantitative estimate of drug-likeness (QED) is 0.559. The normalized spacial score (nSPS) is 12.8. The fourth-order valence-electron chi connectivity index (χ4n) is 3.29. The molecule has 1 amide bonds. The molecule has 3 aromatic carbocycles. The van der Waals surface area contributed by atoms with Crippen molar-refractivity contribution in [3.05, 3.63) is 77.9 Å². The third-order valence-corrected chi connectivity index (χ3v) is 5.04. The molecule has 0 fully saturated rings. The molecular formula is C25H27NO4. The van der Waals surface area contributed by atoms with Gasteiger partial charge < -0.3 is 14.8 Å². The van der Waals surface area contributed by atoms with Crippen LogP contribution in [0.2, 0.25) is 0 Å². The van der Waals surface area contributed by atoms with Gasteiger partial charge in [0, 0.05) is 6.04 Å². The highest BCUT2D eigenvalue weighted by Crippen LogP contribution is 2.26. The van der Waals surface area contributed by atoms with Crippen molar-refractivity contribution in [1.82, 2.24) is 5.32 Å². The van der Waals surface area contributed by atoms with Gasteiger partial charge in [-0.3, -0.25) is 4.79 Å². The molecule has 0 spiro atoms. The molecule has 2 atom stereocenters. The van der Waals surface area contributed by atoms with Crippen molar-refractivity contribution in [3.8, 4) is 5.75 Å². The molecule has 0 aliphatic heterocycles. The number of benzene rings is 3. The van der Waals surface area contributed by atoms with E-state index in [2.05, 4.69) is 17.4 Å². The van der Waals surface area contributed by atoms with Crippen molar-refractivity contribution < 1.29 is 19.1 Å². The average Bonchev–Trinajstić information content (AvgIpc) is 2.77. The number of hydrogen-bond acceptors (Lipinski definition) is 4. The Labute approximate surface area is 177 Å². The van der Waals surface area contributed by atoms with Crippen LogP contribution in [0.25, 0.3) is 10.8 Å². The van der Waals surface area contributed by atoms with E-state index in [0.29, 0.717) is 11.3 Å². The summed E-state index contributed by atoms with van der Waals surface area (Å²) in [5.74, 6) is -0.483. The third kappa shape index (κ3) is 5.38. The fraction of sp³-hybridized carbons (Fsp3) is 0.280. The lowest BCUT2D eigenvalue weighted by atomic mass is 10.1. The second kappa shape index (κ2) is 9.92.